The molecule has 0 aliphatic heterocycles. The van der Waals surface area contributed by atoms with Crippen molar-refractivity contribution in [3.05, 3.63) is 0 Å². The Hall–Kier alpha value is -0.0400. The van der Waals surface area contributed by atoms with E-state index in [4.69, 9.17) is 5.11 Å². The Morgan fingerprint density at radius 2 is 1.47 bits per heavy atom. The van der Waals surface area contributed by atoms with Crippen LogP contribution in [0.25, 0.3) is 0 Å². The maximum Gasteiger partial charge on any atom is 0.0462 e. The first kappa shape index (κ1) is 11.4. The molecule has 0 aromatic carbocycles. The summed E-state index contributed by atoms with van der Waals surface area (Å²) in [6.45, 7) is 2.72. The van der Waals surface area contributed by atoms with Crippen LogP contribution in [0.3, 0.4) is 0 Å². The zero-order valence-corrected chi connectivity index (χ0v) is 10.1. The summed E-state index contributed by atoms with van der Waals surface area (Å²) in [5.74, 6) is 3.74. The Kier molecular flexibility index (Phi) is 4.07. The van der Waals surface area contributed by atoms with E-state index >= 15 is 0 Å². The summed E-state index contributed by atoms with van der Waals surface area (Å²) in [4.78, 5) is 0. The number of rotatable bonds is 8. The summed E-state index contributed by atoms with van der Waals surface area (Å²) in [5, 5.41) is 8.95. The van der Waals surface area contributed by atoms with Crippen molar-refractivity contribution in [1.29, 1.82) is 0 Å². The molecular weight excluding hydrogens is 184 g/mol. The molecule has 0 spiro atoms. The van der Waals surface area contributed by atoms with Gasteiger partial charge >= 0.3 is 0 Å². The Morgan fingerprint density at radius 1 is 0.867 bits per heavy atom. The van der Waals surface area contributed by atoms with Crippen LogP contribution in [0, 0.1) is 23.7 Å². The molecule has 1 heteroatoms. The van der Waals surface area contributed by atoms with Gasteiger partial charge in [0.2, 0.25) is 0 Å². The van der Waals surface area contributed by atoms with Gasteiger partial charge in [0.25, 0.3) is 0 Å². The highest BCUT2D eigenvalue weighted by Crippen LogP contribution is 2.49. The van der Waals surface area contributed by atoms with Crippen molar-refractivity contribution in [2.75, 3.05) is 6.61 Å². The monoisotopic (exact) mass is 210 g/mol. The van der Waals surface area contributed by atoms with Gasteiger partial charge in [0.05, 0.1) is 0 Å². The summed E-state index contributed by atoms with van der Waals surface area (Å²) in [6.07, 6.45) is 11.4. The molecule has 0 aromatic rings. The zero-order valence-electron chi connectivity index (χ0n) is 10.1. The second-order valence-corrected chi connectivity index (χ2v) is 5.77. The molecule has 4 unspecified atom stereocenters. The second-order valence-electron chi connectivity index (χ2n) is 5.77. The van der Waals surface area contributed by atoms with Crippen molar-refractivity contribution in [2.45, 2.75) is 58.3 Å². The van der Waals surface area contributed by atoms with Crippen molar-refractivity contribution in [2.24, 2.45) is 23.7 Å². The molecule has 2 aliphatic carbocycles. The number of aliphatic hydroxyl groups excluding tert-OH is 1. The van der Waals surface area contributed by atoms with Crippen LogP contribution in [-0.2, 0) is 0 Å². The van der Waals surface area contributed by atoms with Crippen molar-refractivity contribution in [3.8, 4) is 0 Å². The largest absolute Gasteiger partial charge is 0.396 e. The molecule has 0 saturated heterocycles. The third-order valence-electron chi connectivity index (χ3n) is 4.46. The number of hydrogen-bond donors (Lipinski definition) is 1. The molecule has 0 bridgehead atoms. The molecule has 1 N–H and O–H groups in total. The van der Waals surface area contributed by atoms with E-state index in [0.29, 0.717) is 12.5 Å². The lowest BCUT2D eigenvalue weighted by Crippen LogP contribution is -1.91. The van der Waals surface area contributed by atoms with Crippen LogP contribution in [0.4, 0.5) is 0 Å². The van der Waals surface area contributed by atoms with Gasteiger partial charge in [-0.05, 0) is 49.4 Å². The van der Waals surface area contributed by atoms with Crippen LogP contribution in [0.15, 0.2) is 0 Å². The zero-order chi connectivity index (χ0) is 10.7. The second kappa shape index (κ2) is 5.34. The Bertz CT molecular complexity index is 190. The summed E-state index contributed by atoms with van der Waals surface area (Å²) in [5.41, 5.74) is 0. The maximum absolute atomic E-state index is 8.95. The van der Waals surface area contributed by atoms with E-state index in [0.717, 1.165) is 17.8 Å². The average Bonchev–Trinajstić information content (AvgIpc) is 3.11. The highest BCUT2D eigenvalue weighted by molar-refractivity contribution is 4.90. The first-order chi connectivity index (χ1) is 7.35. The smallest absolute Gasteiger partial charge is 0.0462 e. The van der Waals surface area contributed by atoms with Crippen LogP contribution in [0.1, 0.15) is 58.3 Å². The lowest BCUT2D eigenvalue weighted by atomic mass is 10.1. The topological polar surface area (TPSA) is 20.2 Å². The molecule has 0 heterocycles. The molecule has 15 heavy (non-hydrogen) atoms. The summed E-state index contributed by atoms with van der Waals surface area (Å²) < 4.78 is 0. The molecular formula is C14H26O. The molecule has 0 amide bonds. The van der Waals surface area contributed by atoms with Crippen molar-refractivity contribution < 1.29 is 5.11 Å². The van der Waals surface area contributed by atoms with Crippen molar-refractivity contribution in [1.82, 2.24) is 0 Å². The number of hydrogen-bond acceptors (Lipinski definition) is 1. The third-order valence-corrected chi connectivity index (χ3v) is 4.46. The molecule has 2 aliphatic rings. The van der Waals surface area contributed by atoms with Gasteiger partial charge in [-0.25, -0.2) is 0 Å². The van der Waals surface area contributed by atoms with E-state index < -0.39 is 0 Å². The number of aliphatic hydroxyl groups is 1. The van der Waals surface area contributed by atoms with Gasteiger partial charge in [-0.15, -0.1) is 0 Å². The van der Waals surface area contributed by atoms with Crippen molar-refractivity contribution in [3.63, 3.8) is 0 Å². The predicted octanol–water partition coefficient (Wildman–Crippen LogP) is 3.61. The Morgan fingerprint density at radius 3 is 2.07 bits per heavy atom. The summed E-state index contributed by atoms with van der Waals surface area (Å²) >= 11 is 0. The van der Waals surface area contributed by atoms with Crippen LogP contribution >= 0.6 is 0 Å². The number of unbranched alkanes of at least 4 members (excludes halogenated alkanes) is 2. The lowest BCUT2D eigenvalue weighted by Gasteiger charge is -2.00. The van der Waals surface area contributed by atoms with Crippen LogP contribution in [-0.4, -0.2) is 11.7 Å². The van der Waals surface area contributed by atoms with E-state index in [1.807, 2.05) is 0 Å². The summed E-state index contributed by atoms with van der Waals surface area (Å²) in [7, 11) is 0. The van der Waals surface area contributed by atoms with Crippen LogP contribution in [0.2, 0.25) is 0 Å². The summed E-state index contributed by atoms with van der Waals surface area (Å²) in [6, 6.07) is 0. The standard InChI is InChI=1S/C14H26O/c1-2-3-4-5-11-8-12(11)6-7-13-9-14(13)10-15/h11-15H,2-10H2,1H3. The normalized spacial score (nSPS) is 38.0. The van der Waals surface area contributed by atoms with Gasteiger partial charge in [-0.1, -0.05) is 32.6 Å². The SMILES string of the molecule is CCCCCC1CC1CCC1CC1CO. The molecule has 0 aromatic heterocycles. The fourth-order valence-corrected chi connectivity index (χ4v) is 2.99. The van der Waals surface area contributed by atoms with Gasteiger partial charge in [0.15, 0.2) is 0 Å². The Labute approximate surface area is 94.3 Å². The van der Waals surface area contributed by atoms with E-state index in [1.54, 1.807) is 0 Å². The lowest BCUT2D eigenvalue weighted by molar-refractivity contribution is 0.266. The average molecular weight is 210 g/mol. The molecule has 1 nitrogen and oxygen atoms in total. The highest BCUT2D eigenvalue weighted by atomic mass is 16.3. The van der Waals surface area contributed by atoms with E-state index in [2.05, 4.69) is 6.92 Å². The highest BCUT2D eigenvalue weighted by Gasteiger charge is 2.40. The predicted molar refractivity (Wildman–Crippen MR) is 63.7 cm³/mol. The molecule has 88 valence electrons. The minimum atomic E-state index is 0.440. The Balaban J connectivity index is 1.45. The molecule has 2 rings (SSSR count). The first-order valence-corrected chi connectivity index (χ1v) is 6.96. The van der Waals surface area contributed by atoms with Crippen LogP contribution < -0.4 is 0 Å². The van der Waals surface area contributed by atoms with Crippen molar-refractivity contribution >= 4 is 0 Å². The molecule has 2 saturated carbocycles. The molecule has 2 fully saturated rings. The molecule has 0 radical (unpaired) electrons. The minimum absolute atomic E-state index is 0.440. The minimum Gasteiger partial charge on any atom is -0.396 e. The maximum atomic E-state index is 8.95. The third kappa shape index (κ3) is 3.48. The van der Waals surface area contributed by atoms with Crippen LogP contribution in [0.5, 0.6) is 0 Å². The fraction of sp³-hybridized carbons (Fsp3) is 1.00. The first-order valence-electron chi connectivity index (χ1n) is 6.96. The van der Waals surface area contributed by atoms with E-state index in [1.165, 1.54) is 51.4 Å². The molecule has 4 atom stereocenters. The van der Waals surface area contributed by atoms with E-state index in [9.17, 15) is 0 Å². The van der Waals surface area contributed by atoms with Gasteiger partial charge in [0, 0.05) is 6.61 Å². The van der Waals surface area contributed by atoms with E-state index in [-0.39, 0.29) is 0 Å². The van der Waals surface area contributed by atoms with Gasteiger partial charge in [-0.2, -0.15) is 0 Å². The quantitative estimate of drug-likeness (QED) is 0.607. The fourth-order valence-electron chi connectivity index (χ4n) is 2.99. The van der Waals surface area contributed by atoms with Gasteiger partial charge in [-0.3, -0.25) is 0 Å². The van der Waals surface area contributed by atoms with Gasteiger partial charge < -0.3 is 5.11 Å². The van der Waals surface area contributed by atoms with Gasteiger partial charge in [0.1, 0.15) is 0 Å².